The predicted molar refractivity (Wildman–Crippen MR) is 103 cm³/mol. The average Bonchev–Trinajstić information content (AvgIpc) is 2.67. The van der Waals surface area contributed by atoms with Gasteiger partial charge in [-0.25, -0.2) is 4.39 Å². The van der Waals surface area contributed by atoms with E-state index in [2.05, 4.69) is 39.4 Å². The number of rotatable bonds is 6. The SMILES string of the molecule is C[C@@H](C(=O)Nc1cccc(F)c1)N1CCN(CCc2ccccc2)CC1. The zero-order valence-electron chi connectivity index (χ0n) is 15.2. The smallest absolute Gasteiger partial charge is 0.241 e. The van der Waals surface area contributed by atoms with Crippen molar-refractivity contribution in [2.24, 2.45) is 0 Å². The molecule has 0 aromatic heterocycles. The van der Waals surface area contributed by atoms with Gasteiger partial charge < -0.3 is 10.2 Å². The van der Waals surface area contributed by atoms with Crippen LogP contribution in [-0.2, 0) is 11.2 Å². The molecular weight excluding hydrogens is 329 g/mol. The molecule has 1 N–H and O–H groups in total. The molecule has 0 spiro atoms. The topological polar surface area (TPSA) is 35.6 Å². The van der Waals surface area contributed by atoms with Crippen molar-refractivity contribution in [3.05, 3.63) is 66.0 Å². The third kappa shape index (κ3) is 5.13. The molecule has 1 aliphatic rings. The minimum atomic E-state index is -0.345. The second-order valence-electron chi connectivity index (χ2n) is 6.79. The average molecular weight is 355 g/mol. The maximum atomic E-state index is 13.2. The van der Waals surface area contributed by atoms with Crippen LogP contribution in [0.2, 0.25) is 0 Å². The van der Waals surface area contributed by atoms with Crippen molar-refractivity contribution in [2.45, 2.75) is 19.4 Å². The van der Waals surface area contributed by atoms with Crippen LogP contribution in [0, 0.1) is 5.82 Å². The summed E-state index contributed by atoms with van der Waals surface area (Å²) in [4.78, 5) is 17.1. The monoisotopic (exact) mass is 355 g/mol. The Bertz CT molecular complexity index is 714. The molecule has 0 bridgehead atoms. The number of hydrogen-bond acceptors (Lipinski definition) is 3. The minimum absolute atomic E-state index is 0.0895. The minimum Gasteiger partial charge on any atom is -0.325 e. The zero-order valence-corrected chi connectivity index (χ0v) is 15.2. The fraction of sp³-hybridized carbons (Fsp3) is 0.381. The number of anilines is 1. The summed E-state index contributed by atoms with van der Waals surface area (Å²) in [6.07, 6.45) is 1.05. The van der Waals surface area contributed by atoms with Gasteiger partial charge in [-0.3, -0.25) is 9.69 Å². The van der Waals surface area contributed by atoms with Crippen molar-refractivity contribution in [2.75, 3.05) is 38.0 Å². The molecule has 1 atom stereocenters. The van der Waals surface area contributed by atoms with Gasteiger partial charge in [0.15, 0.2) is 0 Å². The summed E-state index contributed by atoms with van der Waals surface area (Å²) in [6.45, 7) is 6.61. The van der Waals surface area contributed by atoms with Crippen molar-refractivity contribution in [1.82, 2.24) is 9.80 Å². The van der Waals surface area contributed by atoms with Crippen LogP contribution in [0.4, 0.5) is 10.1 Å². The first-order valence-electron chi connectivity index (χ1n) is 9.18. The summed E-state index contributed by atoms with van der Waals surface area (Å²) in [7, 11) is 0. The van der Waals surface area contributed by atoms with Crippen LogP contribution in [0.25, 0.3) is 0 Å². The Morgan fingerprint density at radius 2 is 1.81 bits per heavy atom. The molecule has 3 rings (SSSR count). The lowest BCUT2D eigenvalue weighted by molar-refractivity contribution is -0.121. The number of carbonyl (C=O) groups is 1. The van der Waals surface area contributed by atoms with Gasteiger partial charge in [-0.15, -0.1) is 0 Å². The first kappa shape index (κ1) is 18.5. The van der Waals surface area contributed by atoms with Gasteiger partial charge in [0.1, 0.15) is 5.82 Å². The fourth-order valence-corrected chi connectivity index (χ4v) is 3.28. The maximum absolute atomic E-state index is 13.2. The van der Waals surface area contributed by atoms with Crippen molar-refractivity contribution < 1.29 is 9.18 Å². The Morgan fingerprint density at radius 1 is 1.08 bits per heavy atom. The molecule has 26 heavy (non-hydrogen) atoms. The zero-order chi connectivity index (χ0) is 18.4. The maximum Gasteiger partial charge on any atom is 0.241 e. The van der Waals surface area contributed by atoms with E-state index in [1.807, 2.05) is 13.0 Å². The van der Waals surface area contributed by atoms with E-state index in [4.69, 9.17) is 0 Å². The Balaban J connectivity index is 1.44. The summed E-state index contributed by atoms with van der Waals surface area (Å²) in [5.41, 5.74) is 1.86. The van der Waals surface area contributed by atoms with Crippen molar-refractivity contribution in [3.63, 3.8) is 0 Å². The highest BCUT2D eigenvalue weighted by molar-refractivity contribution is 5.94. The number of nitrogens with one attached hydrogen (secondary N) is 1. The second kappa shape index (κ2) is 8.92. The molecule has 1 saturated heterocycles. The molecule has 1 fully saturated rings. The molecule has 0 unspecified atom stereocenters. The number of nitrogens with zero attached hydrogens (tertiary/aromatic N) is 2. The van der Waals surface area contributed by atoms with E-state index in [0.29, 0.717) is 5.69 Å². The highest BCUT2D eigenvalue weighted by Gasteiger charge is 2.25. The van der Waals surface area contributed by atoms with Gasteiger partial charge in [0.2, 0.25) is 5.91 Å². The summed E-state index contributed by atoms with van der Waals surface area (Å²) in [5.74, 6) is -0.434. The van der Waals surface area contributed by atoms with E-state index in [1.54, 1.807) is 12.1 Å². The number of amides is 1. The van der Waals surface area contributed by atoms with E-state index in [1.165, 1.54) is 17.7 Å². The lowest BCUT2D eigenvalue weighted by Gasteiger charge is -2.37. The van der Waals surface area contributed by atoms with Gasteiger partial charge in [0, 0.05) is 38.4 Å². The van der Waals surface area contributed by atoms with Crippen molar-refractivity contribution in [3.8, 4) is 0 Å². The highest BCUT2D eigenvalue weighted by Crippen LogP contribution is 2.13. The molecule has 5 heteroatoms. The first-order valence-corrected chi connectivity index (χ1v) is 9.18. The van der Waals surface area contributed by atoms with E-state index in [0.717, 1.165) is 39.1 Å². The van der Waals surface area contributed by atoms with E-state index in [9.17, 15) is 9.18 Å². The fourth-order valence-electron chi connectivity index (χ4n) is 3.28. The molecule has 0 aliphatic carbocycles. The summed E-state index contributed by atoms with van der Waals surface area (Å²) in [5, 5.41) is 2.80. The molecule has 138 valence electrons. The number of piperazine rings is 1. The van der Waals surface area contributed by atoms with Gasteiger partial charge in [-0.05, 0) is 37.1 Å². The van der Waals surface area contributed by atoms with Crippen LogP contribution in [0.3, 0.4) is 0 Å². The van der Waals surface area contributed by atoms with E-state index >= 15 is 0 Å². The van der Waals surface area contributed by atoms with Crippen molar-refractivity contribution in [1.29, 1.82) is 0 Å². The quantitative estimate of drug-likeness (QED) is 0.865. The molecule has 4 nitrogen and oxygen atoms in total. The number of benzene rings is 2. The molecular formula is C21H26FN3O. The molecule has 1 heterocycles. The van der Waals surface area contributed by atoms with Gasteiger partial charge in [-0.1, -0.05) is 36.4 Å². The number of hydrogen-bond donors (Lipinski definition) is 1. The van der Waals surface area contributed by atoms with Gasteiger partial charge in [0.25, 0.3) is 0 Å². The summed E-state index contributed by atoms with van der Waals surface area (Å²) in [6, 6.07) is 16.3. The number of carbonyl (C=O) groups excluding carboxylic acids is 1. The molecule has 2 aromatic carbocycles. The normalized spacial score (nSPS) is 17.0. The summed E-state index contributed by atoms with van der Waals surface area (Å²) >= 11 is 0. The van der Waals surface area contributed by atoms with Gasteiger partial charge in [-0.2, -0.15) is 0 Å². The largest absolute Gasteiger partial charge is 0.325 e. The van der Waals surface area contributed by atoms with Crippen LogP contribution in [0.5, 0.6) is 0 Å². The molecule has 1 amide bonds. The van der Waals surface area contributed by atoms with Crippen LogP contribution < -0.4 is 5.32 Å². The van der Waals surface area contributed by atoms with Gasteiger partial charge >= 0.3 is 0 Å². The lowest BCUT2D eigenvalue weighted by Crippen LogP contribution is -2.53. The molecule has 0 saturated carbocycles. The Kier molecular flexibility index (Phi) is 6.36. The van der Waals surface area contributed by atoms with Crippen molar-refractivity contribution >= 4 is 11.6 Å². The standard InChI is InChI=1S/C21H26FN3O/c1-17(21(26)23-20-9-5-8-19(22)16-20)25-14-12-24(13-15-25)11-10-18-6-3-2-4-7-18/h2-9,16-17H,10-15H2,1H3,(H,23,26)/t17-/m0/s1. The molecule has 0 radical (unpaired) electrons. The summed E-state index contributed by atoms with van der Waals surface area (Å²) < 4.78 is 13.2. The van der Waals surface area contributed by atoms with E-state index < -0.39 is 0 Å². The van der Waals surface area contributed by atoms with Crippen LogP contribution in [-0.4, -0.2) is 54.5 Å². The predicted octanol–water partition coefficient (Wildman–Crippen LogP) is 3.01. The third-order valence-corrected chi connectivity index (χ3v) is 4.99. The van der Waals surface area contributed by atoms with E-state index in [-0.39, 0.29) is 17.8 Å². The Morgan fingerprint density at radius 3 is 2.50 bits per heavy atom. The Hall–Kier alpha value is -2.24. The van der Waals surface area contributed by atoms with Crippen LogP contribution in [0.15, 0.2) is 54.6 Å². The van der Waals surface area contributed by atoms with Crippen LogP contribution in [0.1, 0.15) is 12.5 Å². The lowest BCUT2D eigenvalue weighted by atomic mass is 10.1. The first-order chi connectivity index (χ1) is 12.6. The van der Waals surface area contributed by atoms with Crippen LogP contribution >= 0.6 is 0 Å². The number of halogens is 1. The third-order valence-electron chi connectivity index (χ3n) is 4.99. The highest BCUT2D eigenvalue weighted by atomic mass is 19.1. The molecule has 2 aromatic rings. The molecule has 1 aliphatic heterocycles. The Labute approximate surface area is 154 Å². The van der Waals surface area contributed by atoms with Gasteiger partial charge in [0.05, 0.1) is 6.04 Å². The second-order valence-corrected chi connectivity index (χ2v) is 6.79.